The first kappa shape index (κ1) is 15.2. The number of carboxylic acid groups (broad SMARTS) is 1. The zero-order valence-electron chi connectivity index (χ0n) is 11.3. The second kappa shape index (κ2) is 6.89. The summed E-state index contributed by atoms with van der Waals surface area (Å²) in [5.41, 5.74) is 6.17. The Labute approximate surface area is 113 Å². The lowest BCUT2D eigenvalue weighted by atomic mass is 10.1. The molecule has 0 spiro atoms. The smallest absolute Gasteiger partial charge is 0.337 e. The molecule has 19 heavy (non-hydrogen) atoms. The highest BCUT2D eigenvalue weighted by Gasteiger charge is 2.17. The number of benzene rings is 1. The van der Waals surface area contributed by atoms with Crippen molar-refractivity contribution in [3.05, 3.63) is 29.8 Å². The Morgan fingerprint density at radius 2 is 2.00 bits per heavy atom. The Kier molecular flexibility index (Phi) is 5.51. The molecule has 0 fully saturated rings. The van der Waals surface area contributed by atoms with E-state index < -0.39 is 5.97 Å². The van der Waals surface area contributed by atoms with E-state index in [0.29, 0.717) is 18.5 Å². The first-order valence-electron chi connectivity index (χ1n) is 6.28. The van der Waals surface area contributed by atoms with Crippen molar-refractivity contribution in [1.29, 1.82) is 0 Å². The molecule has 0 saturated carbocycles. The molecule has 104 valence electrons. The molecule has 0 aliphatic carbocycles. The van der Waals surface area contributed by atoms with Crippen LogP contribution in [-0.2, 0) is 4.79 Å². The fraction of sp³-hybridized carbons (Fsp3) is 0.429. The summed E-state index contributed by atoms with van der Waals surface area (Å²) in [6.07, 6.45) is 1.85. The summed E-state index contributed by atoms with van der Waals surface area (Å²) in [6.45, 7) is 1.90. The van der Waals surface area contributed by atoms with Crippen molar-refractivity contribution in [2.75, 3.05) is 11.9 Å². The monoisotopic (exact) mass is 264 g/mol. The lowest BCUT2D eigenvalue weighted by Crippen LogP contribution is -2.28. The first-order chi connectivity index (χ1) is 8.93. The lowest BCUT2D eigenvalue weighted by molar-refractivity contribution is -0.118. The van der Waals surface area contributed by atoms with Gasteiger partial charge in [0, 0.05) is 19.5 Å². The van der Waals surface area contributed by atoms with Gasteiger partial charge >= 0.3 is 5.97 Å². The largest absolute Gasteiger partial charge is 0.478 e. The van der Waals surface area contributed by atoms with Crippen LogP contribution in [0.25, 0.3) is 0 Å². The van der Waals surface area contributed by atoms with Gasteiger partial charge in [-0.1, -0.05) is 12.1 Å². The van der Waals surface area contributed by atoms with E-state index in [9.17, 15) is 9.59 Å². The summed E-state index contributed by atoms with van der Waals surface area (Å²) >= 11 is 0. The lowest BCUT2D eigenvalue weighted by Gasteiger charge is -2.19. The van der Waals surface area contributed by atoms with E-state index in [1.54, 1.807) is 25.2 Å². The maximum atomic E-state index is 12.0. The van der Waals surface area contributed by atoms with Gasteiger partial charge in [0.1, 0.15) is 0 Å². The maximum Gasteiger partial charge on any atom is 0.337 e. The van der Waals surface area contributed by atoms with Gasteiger partial charge in [-0.15, -0.1) is 0 Å². The average molecular weight is 264 g/mol. The Bertz CT molecular complexity index is 458. The van der Waals surface area contributed by atoms with Gasteiger partial charge in [-0.2, -0.15) is 0 Å². The molecule has 0 aliphatic rings. The van der Waals surface area contributed by atoms with E-state index in [2.05, 4.69) is 0 Å². The third kappa shape index (κ3) is 4.37. The van der Waals surface area contributed by atoms with Gasteiger partial charge in [-0.05, 0) is 31.9 Å². The third-order valence-corrected chi connectivity index (χ3v) is 2.92. The van der Waals surface area contributed by atoms with Crippen LogP contribution in [0.2, 0.25) is 0 Å². The summed E-state index contributed by atoms with van der Waals surface area (Å²) in [7, 11) is 1.59. The molecular weight excluding hydrogens is 244 g/mol. The molecule has 1 aromatic carbocycles. The van der Waals surface area contributed by atoms with Gasteiger partial charge in [-0.25, -0.2) is 4.79 Å². The van der Waals surface area contributed by atoms with E-state index in [0.717, 1.165) is 6.42 Å². The quantitative estimate of drug-likeness (QED) is 0.821. The average Bonchev–Trinajstić information content (AvgIpc) is 2.37. The van der Waals surface area contributed by atoms with Crippen LogP contribution < -0.4 is 10.6 Å². The topological polar surface area (TPSA) is 83.6 Å². The first-order valence-corrected chi connectivity index (χ1v) is 6.28. The second-order valence-electron chi connectivity index (χ2n) is 4.64. The number of anilines is 1. The van der Waals surface area contributed by atoms with Crippen LogP contribution in [0.5, 0.6) is 0 Å². The molecule has 1 aromatic rings. The molecule has 1 atom stereocenters. The molecule has 0 bridgehead atoms. The van der Waals surface area contributed by atoms with Crippen LogP contribution >= 0.6 is 0 Å². The van der Waals surface area contributed by atoms with E-state index in [1.807, 2.05) is 6.92 Å². The number of rotatable bonds is 6. The molecule has 0 aromatic heterocycles. The normalized spacial score (nSPS) is 11.9. The molecule has 0 saturated heterocycles. The highest BCUT2D eigenvalue weighted by Crippen LogP contribution is 2.20. The van der Waals surface area contributed by atoms with Gasteiger partial charge < -0.3 is 15.7 Å². The highest BCUT2D eigenvalue weighted by molar-refractivity contribution is 6.01. The van der Waals surface area contributed by atoms with Crippen LogP contribution in [0.1, 0.15) is 36.5 Å². The van der Waals surface area contributed by atoms with Crippen molar-refractivity contribution >= 4 is 17.6 Å². The number of hydrogen-bond donors (Lipinski definition) is 2. The predicted octanol–water partition coefficient (Wildman–Crippen LogP) is 1.87. The number of nitrogens with two attached hydrogens (primary N) is 1. The standard InChI is InChI=1S/C14H20N2O3/c1-10(15)6-5-9-13(17)16(2)12-8-4-3-7-11(12)14(18)19/h3-4,7-8,10H,5-6,9,15H2,1-2H3,(H,18,19). The van der Waals surface area contributed by atoms with Crippen molar-refractivity contribution in [2.24, 2.45) is 5.73 Å². The summed E-state index contributed by atoms with van der Waals surface area (Å²) in [5, 5.41) is 9.09. The Morgan fingerprint density at radius 3 is 2.58 bits per heavy atom. The molecular formula is C14H20N2O3. The second-order valence-corrected chi connectivity index (χ2v) is 4.64. The number of carbonyl (C=O) groups is 2. The highest BCUT2D eigenvalue weighted by atomic mass is 16.4. The number of amides is 1. The van der Waals surface area contributed by atoms with Gasteiger partial charge in [-0.3, -0.25) is 4.79 Å². The predicted molar refractivity (Wildman–Crippen MR) is 74.3 cm³/mol. The maximum absolute atomic E-state index is 12.0. The minimum atomic E-state index is -1.04. The van der Waals surface area contributed by atoms with Crippen molar-refractivity contribution in [1.82, 2.24) is 0 Å². The molecule has 1 unspecified atom stereocenters. The molecule has 0 heterocycles. The number of nitrogens with zero attached hydrogens (tertiary/aromatic N) is 1. The van der Waals surface area contributed by atoms with E-state index in [1.165, 1.54) is 11.0 Å². The van der Waals surface area contributed by atoms with Crippen molar-refractivity contribution < 1.29 is 14.7 Å². The molecule has 0 radical (unpaired) electrons. The minimum Gasteiger partial charge on any atom is -0.478 e. The van der Waals surface area contributed by atoms with Crippen molar-refractivity contribution in [3.8, 4) is 0 Å². The Morgan fingerprint density at radius 1 is 1.37 bits per heavy atom. The summed E-state index contributed by atoms with van der Waals surface area (Å²) in [6, 6.07) is 6.55. The Hall–Kier alpha value is -1.88. The number of carbonyl (C=O) groups excluding carboxylic acids is 1. The number of carboxylic acids is 1. The minimum absolute atomic E-state index is 0.0735. The van der Waals surface area contributed by atoms with Crippen molar-refractivity contribution in [2.45, 2.75) is 32.2 Å². The van der Waals surface area contributed by atoms with Crippen LogP contribution in [0.3, 0.4) is 0 Å². The SMILES string of the molecule is CC(N)CCCC(=O)N(C)c1ccccc1C(=O)O. The molecule has 3 N–H and O–H groups in total. The van der Waals surface area contributed by atoms with Gasteiger partial charge in [0.25, 0.3) is 0 Å². The number of para-hydroxylation sites is 1. The van der Waals surface area contributed by atoms with Crippen LogP contribution in [0.4, 0.5) is 5.69 Å². The van der Waals surface area contributed by atoms with E-state index in [-0.39, 0.29) is 17.5 Å². The van der Waals surface area contributed by atoms with Crippen LogP contribution in [0.15, 0.2) is 24.3 Å². The fourth-order valence-electron chi connectivity index (χ4n) is 1.82. The van der Waals surface area contributed by atoms with E-state index in [4.69, 9.17) is 10.8 Å². The van der Waals surface area contributed by atoms with Crippen molar-refractivity contribution in [3.63, 3.8) is 0 Å². The molecule has 1 amide bonds. The van der Waals surface area contributed by atoms with E-state index >= 15 is 0 Å². The molecule has 5 heteroatoms. The zero-order valence-corrected chi connectivity index (χ0v) is 11.3. The number of aromatic carboxylic acids is 1. The van der Waals surface area contributed by atoms with Gasteiger partial charge in [0.2, 0.25) is 5.91 Å². The molecule has 1 rings (SSSR count). The third-order valence-electron chi connectivity index (χ3n) is 2.92. The number of hydrogen-bond acceptors (Lipinski definition) is 3. The van der Waals surface area contributed by atoms with Gasteiger partial charge in [0.15, 0.2) is 0 Å². The Balaban J connectivity index is 2.74. The molecule has 0 aliphatic heterocycles. The summed E-state index contributed by atoms with van der Waals surface area (Å²) < 4.78 is 0. The zero-order chi connectivity index (χ0) is 14.4. The summed E-state index contributed by atoms with van der Waals surface area (Å²) in [5.74, 6) is -1.14. The molecule has 5 nitrogen and oxygen atoms in total. The van der Waals surface area contributed by atoms with Gasteiger partial charge in [0.05, 0.1) is 11.3 Å². The summed E-state index contributed by atoms with van der Waals surface area (Å²) in [4.78, 5) is 24.5. The van der Waals surface area contributed by atoms with Crippen LogP contribution in [0, 0.1) is 0 Å². The fourth-order valence-corrected chi connectivity index (χ4v) is 1.82. The van der Waals surface area contributed by atoms with Crippen LogP contribution in [-0.4, -0.2) is 30.1 Å².